The second-order valence-corrected chi connectivity index (χ2v) is 11.1. The fourth-order valence-corrected chi connectivity index (χ4v) is 6.86. The maximum absolute atomic E-state index is 14.3. The topological polar surface area (TPSA) is 93.0 Å². The molecule has 8 nitrogen and oxygen atoms in total. The van der Waals surface area contributed by atoms with Crippen molar-refractivity contribution in [2.24, 2.45) is 0 Å². The summed E-state index contributed by atoms with van der Waals surface area (Å²) in [6, 6.07) is 10.1. The van der Waals surface area contributed by atoms with E-state index in [1.807, 2.05) is 0 Å². The van der Waals surface area contributed by atoms with E-state index in [0.717, 1.165) is 23.5 Å². The molecule has 0 aliphatic carbocycles. The molecule has 188 valence electrons. The summed E-state index contributed by atoms with van der Waals surface area (Å²) in [5.41, 5.74) is -0.0669. The number of methoxy groups -OCH3 is 1. The van der Waals surface area contributed by atoms with Gasteiger partial charge in [-0.2, -0.15) is 4.31 Å². The highest BCUT2D eigenvalue weighted by Crippen LogP contribution is 2.35. The van der Waals surface area contributed by atoms with Crippen LogP contribution in [0.5, 0.6) is 5.75 Å². The lowest BCUT2D eigenvalue weighted by Crippen LogP contribution is -2.47. The van der Waals surface area contributed by atoms with Gasteiger partial charge < -0.3 is 9.15 Å². The Labute approximate surface area is 209 Å². The SMILES string of the molecule is COc1ccc(S(=O)(=O)N2CCCC2C(=O)N(Cc2ccco2)c2nc3c(F)cc(F)cc3s2)cc1. The molecule has 3 heterocycles. The van der Waals surface area contributed by atoms with Gasteiger partial charge in [0, 0.05) is 12.6 Å². The Morgan fingerprint density at radius 2 is 2.03 bits per heavy atom. The lowest BCUT2D eigenvalue weighted by Gasteiger charge is -2.28. The van der Waals surface area contributed by atoms with E-state index < -0.39 is 33.6 Å². The Hall–Kier alpha value is -3.35. The van der Waals surface area contributed by atoms with Crippen LogP contribution in [0.25, 0.3) is 10.2 Å². The number of nitrogens with zero attached hydrogens (tertiary/aromatic N) is 3. The zero-order valence-corrected chi connectivity index (χ0v) is 20.7. The third-order valence-electron chi connectivity index (χ3n) is 5.95. The summed E-state index contributed by atoms with van der Waals surface area (Å²) in [5.74, 6) is -1.20. The van der Waals surface area contributed by atoms with Crippen LogP contribution in [0, 0.1) is 11.6 Å². The number of hydrogen-bond acceptors (Lipinski definition) is 7. The van der Waals surface area contributed by atoms with Crippen molar-refractivity contribution >= 4 is 42.6 Å². The third kappa shape index (κ3) is 4.47. The Balaban J connectivity index is 1.51. The number of halogens is 2. The molecule has 0 saturated carbocycles. The standard InChI is InChI=1S/C24H21F2N3O5S2/c1-33-16-6-8-18(9-7-16)36(31,32)29-10-2-5-20(29)23(30)28(14-17-4-3-11-34-17)24-27-22-19(26)12-15(25)13-21(22)35-24/h3-4,6-9,11-13,20H,2,5,10,14H2,1H3. The highest BCUT2D eigenvalue weighted by molar-refractivity contribution is 7.89. The lowest BCUT2D eigenvalue weighted by molar-refractivity contribution is -0.121. The Kier molecular flexibility index (Phi) is 6.49. The maximum atomic E-state index is 14.3. The number of amides is 1. The molecule has 4 aromatic rings. The number of rotatable bonds is 7. The smallest absolute Gasteiger partial charge is 0.247 e. The van der Waals surface area contributed by atoms with Crippen LogP contribution in [0.3, 0.4) is 0 Å². The minimum atomic E-state index is -3.99. The van der Waals surface area contributed by atoms with Gasteiger partial charge in [-0.25, -0.2) is 22.2 Å². The van der Waals surface area contributed by atoms with E-state index in [1.165, 1.54) is 46.8 Å². The summed E-state index contributed by atoms with van der Waals surface area (Å²) in [4.78, 5) is 19.4. The van der Waals surface area contributed by atoms with Gasteiger partial charge in [-0.15, -0.1) is 0 Å². The number of hydrogen-bond donors (Lipinski definition) is 0. The number of sulfonamides is 1. The predicted molar refractivity (Wildman–Crippen MR) is 129 cm³/mol. The first-order chi connectivity index (χ1) is 17.3. The Morgan fingerprint density at radius 1 is 1.25 bits per heavy atom. The van der Waals surface area contributed by atoms with Crippen molar-refractivity contribution in [3.05, 3.63) is 72.2 Å². The van der Waals surface area contributed by atoms with Crippen molar-refractivity contribution in [2.75, 3.05) is 18.6 Å². The first-order valence-corrected chi connectivity index (χ1v) is 13.3. The molecule has 1 unspecified atom stereocenters. The number of thiazole rings is 1. The van der Waals surface area contributed by atoms with Crippen molar-refractivity contribution in [3.8, 4) is 5.75 Å². The molecule has 0 bridgehead atoms. The van der Waals surface area contributed by atoms with Gasteiger partial charge in [-0.3, -0.25) is 9.69 Å². The van der Waals surface area contributed by atoms with E-state index in [0.29, 0.717) is 24.4 Å². The molecule has 2 aromatic carbocycles. The molecule has 36 heavy (non-hydrogen) atoms. The van der Waals surface area contributed by atoms with Gasteiger partial charge in [0.1, 0.15) is 28.9 Å². The number of anilines is 1. The van der Waals surface area contributed by atoms with Gasteiger partial charge in [-0.05, 0) is 55.3 Å². The van der Waals surface area contributed by atoms with Crippen LogP contribution in [-0.2, 0) is 21.4 Å². The van der Waals surface area contributed by atoms with Crippen LogP contribution in [0.4, 0.5) is 13.9 Å². The molecule has 1 aliphatic rings. The summed E-state index contributed by atoms with van der Waals surface area (Å²) < 4.78 is 66.9. The van der Waals surface area contributed by atoms with Crippen LogP contribution in [-0.4, -0.2) is 43.3 Å². The second-order valence-electron chi connectivity index (χ2n) is 8.18. The van der Waals surface area contributed by atoms with Crippen molar-refractivity contribution in [3.63, 3.8) is 0 Å². The number of aromatic nitrogens is 1. The Morgan fingerprint density at radius 3 is 2.72 bits per heavy atom. The quantitative estimate of drug-likeness (QED) is 0.346. The fourth-order valence-electron chi connectivity index (χ4n) is 4.20. The molecule has 12 heteroatoms. The normalized spacial score (nSPS) is 16.5. The summed E-state index contributed by atoms with van der Waals surface area (Å²) in [6.45, 7) is 0.113. The molecule has 1 amide bonds. The fraction of sp³-hybridized carbons (Fsp3) is 0.250. The number of carbonyl (C=O) groups excluding carboxylic acids is 1. The van der Waals surface area contributed by atoms with Gasteiger partial charge in [0.25, 0.3) is 0 Å². The van der Waals surface area contributed by atoms with E-state index in [-0.39, 0.29) is 33.3 Å². The van der Waals surface area contributed by atoms with Crippen molar-refractivity contribution in [2.45, 2.75) is 30.3 Å². The number of carbonyl (C=O) groups is 1. The summed E-state index contributed by atoms with van der Waals surface area (Å²) in [5, 5.41) is 0.115. The van der Waals surface area contributed by atoms with E-state index in [2.05, 4.69) is 4.98 Å². The first kappa shape index (κ1) is 24.3. The minimum Gasteiger partial charge on any atom is -0.497 e. The van der Waals surface area contributed by atoms with Gasteiger partial charge in [0.15, 0.2) is 10.9 Å². The second kappa shape index (κ2) is 9.60. The first-order valence-electron chi connectivity index (χ1n) is 11.0. The molecule has 2 aromatic heterocycles. The van der Waals surface area contributed by atoms with Crippen LogP contribution in [0.15, 0.2) is 64.1 Å². The number of benzene rings is 2. The van der Waals surface area contributed by atoms with Crippen molar-refractivity contribution in [1.82, 2.24) is 9.29 Å². The molecule has 5 rings (SSSR count). The van der Waals surface area contributed by atoms with Crippen LogP contribution < -0.4 is 9.64 Å². The lowest BCUT2D eigenvalue weighted by atomic mass is 10.2. The average molecular weight is 534 g/mol. The van der Waals surface area contributed by atoms with E-state index >= 15 is 0 Å². The molecule has 0 spiro atoms. The zero-order valence-electron chi connectivity index (χ0n) is 19.1. The van der Waals surface area contributed by atoms with Crippen molar-refractivity contribution in [1.29, 1.82) is 0 Å². The van der Waals surface area contributed by atoms with Crippen molar-refractivity contribution < 1.29 is 31.1 Å². The summed E-state index contributed by atoms with van der Waals surface area (Å²) >= 11 is 0.942. The number of ether oxygens (including phenoxy) is 1. The summed E-state index contributed by atoms with van der Waals surface area (Å²) in [6.07, 6.45) is 2.23. The van der Waals surface area contributed by atoms with Gasteiger partial charge in [-0.1, -0.05) is 11.3 Å². The van der Waals surface area contributed by atoms with Gasteiger partial charge >= 0.3 is 0 Å². The highest BCUT2D eigenvalue weighted by atomic mass is 32.2. The van der Waals surface area contributed by atoms with Crippen LogP contribution in [0.1, 0.15) is 18.6 Å². The Bertz CT molecular complexity index is 1500. The van der Waals surface area contributed by atoms with E-state index in [1.54, 1.807) is 12.1 Å². The molecule has 0 N–H and O–H groups in total. The van der Waals surface area contributed by atoms with Gasteiger partial charge in [0.2, 0.25) is 15.9 Å². The average Bonchev–Trinajstić information content (AvgIpc) is 3.63. The van der Waals surface area contributed by atoms with E-state index in [9.17, 15) is 22.0 Å². The maximum Gasteiger partial charge on any atom is 0.247 e. The molecule has 1 fully saturated rings. The van der Waals surface area contributed by atoms with Gasteiger partial charge in [0.05, 0.1) is 29.5 Å². The molecule has 1 atom stereocenters. The molecular weight excluding hydrogens is 512 g/mol. The largest absolute Gasteiger partial charge is 0.497 e. The molecule has 0 radical (unpaired) electrons. The predicted octanol–water partition coefficient (Wildman–Crippen LogP) is 4.56. The number of furan rings is 1. The van der Waals surface area contributed by atoms with E-state index in [4.69, 9.17) is 9.15 Å². The third-order valence-corrected chi connectivity index (χ3v) is 8.90. The molecule has 1 saturated heterocycles. The monoisotopic (exact) mass is 533 g/mol. The van der Waals surface area contributed by atoms with Crippen LogP contribution >= 0.6 is 11.3 Å². The molecule has 1 aliphatic heterocycles. The van der Waals surface area contributed by atoms with Crippen LogP contribution in [0.2, 0.25) is 0 Å². The minimum absolute atomic E-state index is 0.0399. The summed E-state index contributed by atoms with van der Waals surface area (Å²) in [7, 11) is -2.51. The highest BCUT2D eigenvalue weighted by Gasteiger charge is 2.42. The molecular formula is C24H21F2N3O5S2. The number of fused-ring (bicyclic) bond motifs is 1. The zero-order chi connectivity index (χ0) is 25.4.